The van der Waals surface area contributed by atoms with Crippen LogP contribution >= 0.6 is 60.3 Å². The molecular weight excluding hydrogens is 922 g/mol. The Morgan fingerprint density at radius 2 is 1.31 bits per heavy atom. The van der Waals surface area contributed by atoms with E-state index in [1.54, 1.807) is 17.9 Å². The molecule has 2 nitrogen and oxygen atoms in total. The number of halogens is 2. The summed E-state index contributed by atoms with van der Waals surface area (Å²) in [6.07, 6.45) is 6.48. The van der Waals surface area contributed by atoms with Gasteiger partial charge < -0.3 is 9.47 Å². The van der Waals surface area contributed by atoms with E-state index in [-0.39, 0.29) is 5.41 Å². The largest absolute Gasteiger partial charge is 0.309 e. The van der Waals surface area contributed by atoms with Gasteiger partial charge in [0.25, 0.3) is 0 Å². The van der Waals surface area contributed by atoms with Crippen LogP contribution in [0.1, 0.15) is 43.0 Å². The maximum absolute atomic E-state index is 4.46. The first-order valence-electron chi connectivity index (χ1n) is 18.0. The summed E-state index contributed by atoms with van der Waals surface area (Å²) in [4.78, 5) is 4.97. The van der Waals surface area contributed by atoms with Crippen molar-refractivity contribution in [2.75, 3.05) is 4.90 Å². The highest BCUT2D eigenvalue weighted by molar-refractivity contribution is 14.2. The van der Waals surface area contributed by atoms with E-state index < -0.39 is 0 Å². The monoisotopic (exact) mass is 958 g/mol. The molecule has 1 heterocycles. The molecule has 1 aliphatic rings. The molecule has 7 aromatic carbocycles. The molecule has 264 valence electrons. The van der Waals surface area contributed by atoms with E-state index in [0.29, 0.717) is 0 Å². The first-order chi connectivity index (χ1) is 26.4. The van der Waals surface area contributed by atoms with Crippen molar-refractivity contribution >= 4 is 122 Å². The van der Waals surface area contributed by atoms with Crippen molar-refractivity contribution in [3.8, 4) is 16.8 Å². The van der Waals surface area contributed by atoms with Gasteiger partial charge in [0, 0.05) is 90.7 Å². The Morgan fingerprint density at radius 3 is 1.98 bits per heavy atom. The minimum absolute atomic E-state index is 0.280. The zero-order valence-corrected chi connectivity index (χ0v) is 36.1. The Bertz CT molecular complexity index is 2750. The van der Waals surface area contributed by atoms with E-state index in [4.69, 9.17) is 0 Å². The molecule has 6 heteroatoms. The average Bonchev–Trinajstić information content (AvgIpc) is 3.65. The molecule has 0 N–H and O–H groups in total. The molecule has 0 fully saturated rings. The third kappa shape index (κ3) is 5.66. The average molecular weight is 959 g/mol. The van der Waals surface area contributed by atoms with Crippen molar-refractivity contribution < 1.29 is 0 Å². The summed E-state index contributed by atoms with van der Waals surface area (Å²) >= 11 is 4.77. The van der Waals surface area contributed by atoms with Crippen LogP contribution in [0, 0.1) is 0 Å². The maximum Gasteiger partial charge on any atom is 0.0543 e. The van der Waals surface area contributed by atoms with E-state index >= 15 is 0 Å². The minimum Gasteiger partial charge on any atom is -0.309 e. The fourth-order valence-corrected chi connectivity index (χ4v) is 10.7. The molecule has 0 bridgehead atoms. The van der Waals surface area contributed by atoms with Gasteiger partial charge in [-0.05, 0) is 113 Å². The second kappa shape index (κ2) is 14.3. The lowest BCUT2D eigenvalue weighted by atomic mass is 9.81. The molecule has 1 aliphatic carbocycles. The van der Waals surface area contributed by atoms with Crippen LogP contribution in [0.2, 0.25) is 0 Å². The molecule has 0 unspecified atom stereocenters. The second-order valence-corrected chi connectivity index (χ2v) is 18.1. The van der Waals surface area contributed by atoms with Crippen molar-refractivity contribution in [2.45, 2.75) is 36.0 Å². The number of anilines is 3. The normalized spacial score (nSPS) is 13.2. The Kier molecular flexibility index (Phi) is 9.44. The fraction of sp³-hybridized carbons (Fsp3) is 0.0833. The predicted octanol–water partition coefficient (Wildman–Crippen LogP) is 16.3. The molecule has 0 spiro atoms. The molecule has 0 atom stereocenters. The zero-order valence-electron chi connectivity index (χ0n) is 30.1. The van der Waals surface area contributed by atoms with Gasteiger partial charge in [0.2, 0.25) is 0 Å². The van der Waals surface area contributed by atoms with Gasteiger partial charge in [-0.15, -0.1) is 0 Å². The Hall–Kier alpha value is -3.96. The SMILES string of the molecule is C=Cc1c(/C=C\C)c(N(c2ccccc2)c2cccc3ccccc23)cc2c1-c1ccc(-n3c4ccc(SI)cc4c4cc(SI)ccc43)cc1C2(C)C. The lowest BCUT2D eigenvalue weighted by molar-refractivity contribution is 0.660. The smallest absolute Gasteiger partial charge is 0.0543 e. The van der Waals surface area contributed by atoms with Crippen LogP contribution in [-0.4, -0.2) is 4.57 Å². The molecule has 0 saturated carbocycles. The highest BCUT2D eigenvalue weighted by Crippen LogP contribution is 2.55. The highest BCUT2D eigenvalue weighted by atomic mass is 127. The van der Waals surface area contributed by atoms with Crippen LogP contribution < -0.4 is 4.90 Å². The van der Waals surface area contributed by atoms with Crippen molar-refractivity contribution in [1.82, 2.24) is 4.57 Å². The number of aromatic nitrogens is 1. The number of hydrogen-bond acceptors (Lipinski definition) is 3. The second-order valence-electron chi connectivity index (χ2n) is 14.2. The van der Waals surface area contributed by atoms with E-state index in [1.807, 2.05) is 0 Å². The molecule has 54 heavy (non-hydrogen) atoms. The van der Waals surface area contributed by atoms with Crippen molar-refractivity contribution in [3.05, 3.63) is 168 Å². The molecule has 1 aromatic heterocycles. The van der Waals surface area contributed by atoms with Crippen molar-refractivity contribution in [3.63, 3.8) is 0 Å². The van der Waals surface area contributed by atoms with Crippen LogP contribution in [-0.2, 0) is 5.41 Å². The first-order valence-corrected chi connectivity index (χ1v) is 24.7. The van der Waals surface area contributed by atoms with Gasteiger partial charge in [-0.3, -0.25) is 0 Å². The quantitative estimate of drug-likeness (QED) is 0.140. The number of benzene rings is 7. The summed E-state index contributed by atoms with van der Waals surface area (Å²) in [6, 6.07) is 49.4. The topological polar surface area (TPSA) is 8.17 Å². The Labute approximate surface area is 349 Å². The van der Waals surface area contributed by atoms with Crippen molar-refractivity contribution in [2.24, 2.45) is 0 Å². The highest BCUT2D eigenvalue weighted by Gasteiger charge is 2.39. The molecular formula is C48H36I2N2S2. The molecule has 0 radical (unpaired) electrons. The van der Waals surface area contributed by atoms with E-state index in [0.717, 1.165) is 28.2 Å². The van der Waals surface area contributed by atoms with Gasteiger partial charge in [0.1, 0.15) is 0 Å². The number of para-hydroxylation sites is 1. The van der Waals surface area contributed by atoms with E-state index in [1.165, 1.54) is 70.3 Å². The molecule has 8 aromatic rings. The Balaban J connectivity index is 1.29. The molecule has 0 aliphatic heterocycles. The van der Waals surface area contributed by atoms with Crippen LogP contribution in [0.3, 0.4) is 0 Å². The van der Waals surface area contributed by atoms with Gasteiger partial charge in [-0.2, -0.15) is 0 Å². The Morgan fingerprint density at radius 1 is 0.648 bits per heavy atom. The summed E-state index contributed by atoms with van der Waals surface area (Å²) in [5.41, 5.74) is 14.2. The maximum atomic E-state index is 4.46. The summed E-state index contributed by atoms with van der Waals surface area (Å²) in [7, 11) is 3.52. The van der Waals surface area contributed by atoms with Crippen LogP contribution in [0.25, 0.3) is 61.5 Å². The number of hydrogen-bond donors (Lipinski definition) is 0. The van der Waals surface area contributed by atoms with Gasteiger partial charge >= 0.3 is 0 Å². The lowest BCUT2D eigenvalue weighted by Crippen LogP contribution is -2.18. The standard InChI is InChI=1S/C48H36I2N2S2/c1-5-13-37-35(6-2)47-38-23-20-32(52-44-24-21-33(53-49)27-39(44)40-28-34(54-50)22-25-45(40)52)26-41(38)48(3,4)42(47)29-46(37)51(31-16-8-7-9-17-31)43-19-12-15-30-14-10-11-18-36(30)43/h5-29H,2H2,1,3-4H3/b13-5-. The van der Waals surface area contributed by atoms with Crippen molar-refractivity contribution in [1.29, 1.82) is 0 Å². The first kappa shape index (κ1) is 35.7. The van der Waals surface area contributed by atoms with Crippen LogP contribution in [0.5, 0.6) is 0 Å². The predicted molar refractivity (Wildman–Crippen MR) is 255 cm³/mol. The van der Waals surface area contributed by atoms with Gasteiger partial charge in [-0.1, -0.05) is 117 Å². The zero-order chi connectivity index (χ0) is 37.1. The van der Waals surface area contributed by atoms with Crippen LogP contribution in [0.15, 0.2) is 156 Å². The van der Waals surface area contributed by atoms with Gasteiger partial charge in [-0.25, -0.2) is 0 Å². The molecule has 9 rings (SSSR count). The summed E-state index contributed by atoms with van der Waals surface area (Å²) in [5, 5.41) is 4.99. The number of fused-ring (bicyclic) bond motifs is 7. The molecule has 0 saturated heterocycles. The number of allylic oxidation sites excluding steroid dienone is 1. The fourth-order valence-electron chi connectivity index (χ4n) is 8.52. The van der Waals surface area contributed by atoms with E-state index in [9.17, 15) is 0 Å². The molecule has 0 amide bonds. The summed E-state index contributed by atoms with van der Waals surface area (Å²) in [5.74, 6) is 0. The van der Waals surface area contributed by atoms with Crippen LogP contribution in [0.4, 0.5) is 17.1 Å². The third-order valence-corrected chi connectivity index (χ3v) is 14.9. The number of rotatable bonds is 8. The number of nitrogens with zero attached hydrogens (tertiary/aromatic N) is 2. The third-order valence-electron chi connectivity index (χ3n) is 10.9. The van der Waals surface area contributed by atoms with Gasteiger partial charge in [0.15, 0.2) is 0 Å². The summed E-state index contributed by atoms with van der Waals surface area (Å²) < 4.78 is 2.45. The summed E-state index contributed by atoms with van der Waals surface area (Å²) in [6.45, 7) is 11.3. The minimum atomic E-state index is -0.280. The van der Waals surface area contributed by atoms with E-state index in [2.05, 4.69) is 231 Å². The van der Waals surface area contributed by atoms with Gasteiger partial charge in [0.05, 0.1) is 22.4 Å². The lowest BCUT2D eigenvalue weighted by Gasteiger charge is -2.31.